The van der Waals surface area contributed by atoms with Crippen LogP contribution in [-0.4, -0.2) is 25.1 Å². The predicted octanol–water partition coefficient (Wildman–Crippen LogP) is 3.37. The zero-order valence-corrected chi connectivity index (χ0v) is 14.9. The van der Waals surface area contributed by atoms with Gasteiger partial charge in [0, 0.05) is 25.0 Å². The van der Waals surface area contributed by atoms with Crippen LogP contribution in [0.2, 0.25) is 0 Å². The van der Waals surface area contributed by atoms with Crippen molar-refractivity contribution < 1.29 is 0 Å². The number of hydrogen-bond acceptors (Lipinski definition) is 1. The number of benzene rings is 1. The SMILES string of the molecule is CCNC(=NCC(C)c1ccccc1)NC1CC1C.I. The lowest BCUT2D eigenvalue weighted by atomic mass is 10.0. The number of hydrogen-bond donors (Lipinski definition) is 2. The van der Waals surface area contributed by atoms with Gasteiger partial charge >= 0.3 is 0 Å². The van der Waals surface area contributed by atoms with Crippen molar-refractivity contribution >= 4 is 29.9 Å². The van der Waals surface area contributed by atoms with Gasteiger partial charge in [-0.2, -0.15) is 0 Å². The molecule has 1 saturated carbocycles. The molecule has 3 unspecified atom stereocenters. The first kappa shape index (κ1) is 17.3. The Morgan fingerprint density at radius 1 is 1.35 bits per heavy atom. The van der Waals surface area contributed by atoms with Gasteiger partial charge in [-0.15, -0.1) is 24.0 Å². The molecular formula is C16H26IN3. The average molecular weight is 387 g/mol. The molecule has 0 bridgehead atoms. The largest absolute Gasteiger partial charge is 0.357 e. The number of halogens is 1. The van der Waals surface area contributed by atoms with E-state index in [2.05, 4.69) is 61.7 Å². The van der Waals surface area contributed by atoms with Gasteiger partial charge in [-0.25, -0.2) is 0 Å². The lowest BCUT2D eigenvalue weighted by molar-refractivity contribution is 0.734. The van der Waals surface area contributed by atoms with Gasteiger partial charge in [0.15, 0.2) is 5.96 Å². The fourth-order valence-electron chi connectivity index (χ4n) is 2.13. The van der Waals surface area contributed by atoms with E-state index < -0.39 is 0 Å². The quantitative estimate of drug-likeness (QED) is 0.462. The number of nitrogens with one attached hydrogen (secondary N) is 2. The van der Waals surface area contributed by atoms with E-state index in [0.29, 0.717) is 12.0 Å². The van der Waals surface area contributed by atoms with Crippen molar-refractivity contribution in [3.63, 3.8) is 0 Å². The summed E-state index contributed by atoms with van der Waals surface area (Å²) in [5.41, 5.74) is 1.35. The fraction of sp³-hybridized carbons (Fsp3) is 0.562. The van der Waals surface area contributed by atoms with Crippen LogP contribution < -0.4 is 10.6 Å². The minimum Gasteiger partial charge on any atom is -0.357 e. The van der Waals surface area contributed by atoms with Gasteiger partial charge in [0.25, 0.3) is 0 Å². The molecule has 1 aliphatic carbocycles. The molecule has 0 saturated heterocycles. The van der Waals surface area contributed by atoms with Crippen molar-refractivity contribution in [1.29, 1.82) is 0 Å². The van der Waals surface area contributed by atoms with E-state index in [-0.39, 0.29) is 24.0 Å². The van der Waals surface area contributed by atoms with E-state index in [1.807, 2.05) is 0 Å². The molecule has 3 atom stereocenters. The zero-order chi connectivity index (χ0) is 13.7. The van der Waals surface area contributed by atoms with Gasteiger partial charge in [-0.05, 0) is 24.8 Å². The molecule has 0 heterocycles. The summed E-state index contributed by atoms with van der Waals surface area (Å²) in [7, 11) is 0. The molecule has 0 spiro atoms. The van der Waals surface area contributed by atoms with E-state index in [1.165, 1.54) is 12.0 Å². The fourth-order valence-corrected chi connectivity index (χ4v) is 2.13. The highest BCUT2D eigenvalue weighted by Gasteiger charge is 2.33. The number of nitrogens with zero attached hydrogens (tertiary/aromatic N) is 1. The maximum absolute atomic E-state index is 4.70. The third kappa shape index (κ3) is 5.31. The van der Waals surface area contributed by atoms with Crippen LogP contribution >= 0.6 is 24.0 Å². The Hall–Kier alpha value is -0.780. The maximum atomic E-state index is 4.70. The summed E-state index contributed by atoms with van der Waals surface area (Å²) in [6.07, 6.45) is 1.26. The normalized spacial score (nSPS) is 22.6. The Morgan fingerprint density at radius 2 is 2.00 bits per heavy atom. The van der Waals surface area contributed by atoms with Crippen molar-refractivity contribution in [3.05, 3.63) is 35.9 Å². The van der Waals surface area contributed by atoms with Crippen molar-refractivity contribution in [2.75, 3.05) is 13.1 Å². The van der Waals surface area contributed by atoms with E-state index in [0.717, 1.165) is 25.0 Å². The monoisotopic (exact) mass is 387 g/mol. The number of aliphatic imine (C=N–C) groups is 1. The second-order valence-corrected chi connectivity index (χ2v) is 5.50. The van der Waals surface area contributed by atoms with E-state index in [1.54, 1.807) is 0 Å². The van der Waals surface area contributed by atoms with Crippen molar-refractivity contribution in [2.24, 2.45) is 10.9 Å². The van der Waals surface area contributed by atoms with Crippen molar-refractivity contribution in [2.45, 2.75) is 39.2 Å². The van der Waals surface area contributed by atoms with Crippen LogP contribution in [0.25, 0.3) is 0 Å². The summed E-state index contributed by atoms with van der Waals surface area (Å²) in [5.74, 6) is 2.20. The average Bonchev–Trinajstić information content (AvgIpc) is 3.12. The molecule has 0 radical (unpaired) electrons. The van der Waals surface area contributed by atoms with Gasteiger partial charge < -0.3 is 10.6 Å². The summed E-state index contributed by atoms with van der Waals surface area (Å²) in [5, 5.41) is 6.81. The summed E-state index contributed by atoms with van der Waals surface area (Å²) in [6.45, 7) is 8.33. The smallest absolute Gasteiger partial charge is 0.191 e. The van der Waals surface area contributed by atoms with E-state index in [9.17, 15) is 0 Å². The molecular weight excluding hydrogens is 361 g/mol. The summed E-state index contributed by atoms with van der Waals surface area (Å²) in [6, 6.07) is 11.2. The van der Waals surface area contributed by atoms with Crippen molar-refractivity contribution in [3.8, 4) is 0 Å². The molecule has 1 fully saturated rings. The van der Waals surface area contributed by atoms with Gasteiger partial charge in [-0.3, -0.25) is 4.99 Å². The minimum absolute atomic E-state index is 0. The lowest BCUT2D eigenvalue weighted by Gasteiger charge is -2.13. The minimum atomic E-state index is 0. The highest BCUT2D eigenvalue weighted by atomic mass is 127. The maximum Gasteiger partial charge on any atom is 0.191 e. The number of guanidine groups is 1. The van der Waals surface area contributed by atoms with Crippen LogP contribution in [0.1, 0.15) is 38.7 Å². The Bertz CT molecular complexity index is 419. The van der Waals surface area contributed by atoms with Gasteiger partial charge in [0.2, 0.25) is 0 Å². The molecule has 0 amide bonds. The highest BCUT2D eigenvalue weighted by Crippen LogP contribution is 2.28. The lowest BCUT2D eigenvalue weighted by Crippen LogP contribution is -2.39. The second kappa shape index (κ2) is 8.49. The summed E-state index contributed by atoms with van der Waals surface area (Å²) < 4.78 is 0. The Kier molecular flexibility index (Phi) is 7.34. The molecule has 1 aromatic carbocycles. The molecule has 4 heteroatoms. The van der Waals surface area contributed by atoms with Crippen LogP contribution in [0.4, 0.5) is 0 Å². The molecule has 2 N–H and O–H groups in total. The summed E-state index contributed by atoms with van der Waals surface area (Å²) >= 11 is 0. The van der Waals surface area contributed by atoms with Crippen LogP contribution in [0.5, 0.6) is 0 Å². The Morgan fingerprint density at radius 3 is 2.55 bits per heavy atom. The standard InChI is InChI=1S/C16H25N3.HI/c1-4-17-16(19-15-10-12(15)2)18-11-13(3)14-8-6-5-7-9-14;/h5-9,12-13,15H,4,10-11H2,1-3H3,(H2,17,18,19);1H. The molecule has 112 valence electrons. The van der Waals surface area contributed by atoms with Crippen molar-refractivity contribution in [1.82, 2.24) is 10.6 Å². The molecule has 2 rings (SSSR count). The van der Waals surface area contributed by atoms with Crippen LogP contribution in [0.15, 0.2) is 35.3 Å². The van der Waals surface area contributed by atoms with Crippen LogP contribution in [0.3, 0.4) is 0 Å². The summed E-state index contributed by atoms with van der Waals surface area (Å²) in [4.78, 5) is 4.70. The van der Waals surface area contributed by atoms with E-state index >= 15 is 0 Å². The highest BCUT2D eigenvalue weighted by molar-refractivity contribution is 14.0. The molecule has 0 aromatic heterocycles. The van der Waals surface area contributed by atoms with Crippen LogP contribution in [-0.2, 0) is 0 Å². The first-order valence-corrected chi connectivity index (χ1v) is 7.30. The first-order chi connectivity index (χ1) is 9.20. The molecule has 1 aliphatic rings. The molecule has 1 aromatic rings. The third-order valence-electron chi connectivity index (χ3n) is 3.67. The molecule has 3 nitrogen and oxygen atoms in total. The number of rotatable bonds is 5. The Labute approximate surface area is 139 Å². The predicted molar refractivity (Wildman–Crippen MR) is 97.0 cm³/mol. The zero-order valence-electron chi connectivity index (χ0n) is 12.6. The molecule has 0 aliphatic heterocycles. The first-order valence-electron chi connectivity index (χ1n) is 7.30. The van der Waals surface area contributed by atoms with Gasteiger partial charge in [0.1, 0.15) is 0 Å². The third-order valence-corrected chi connectivity index (χ3v) is 3.67. The van der Waals surface area contributed by atoms with Gasteiger partial charge in [0.05, 0.1) is 0 Å². The van der Waals surface area contributed by atoms with Crippen LogP contribution in [0, 0.1) is 5.92 Å². The Balaban J connectivity index is 0.00000200. The molecule has 20 heavy (non-hydrogen) atoms. The topological polar surface area (TPSA) is 36.4 Å². The second-order valence-electron chi connectivity index (χ2n) is 5.50. The van der Waals surface area contributed by atoms with Gasteiger partial charge in [-0.1, -0.05) is 44.2 Å². The van der Waals surface area contributed by atoms with E-state index in [4.69, 9.17) is 4.99 Å².